The number of benzene rings is 1. The second kappa shape index (κ2) is 19.2. The Labute approximate surface area is 229 Å². The summed E-state index contributed by atoms with van der Waals surface area (Å²) in [5.74, 6) is -0.715. The van der Waals surface area contributed by atoms with Crippen molar-refractivity contribution in [3.05, 3.63) is 34.9 Å². The van der Waals surface area contributed by atoms with Crippen molar-refractivity contribution in [1.29, 1.82) is 0 Å². The predicted octanol–water partition coefficient (Wildman–Crippen LogP) is 3.64. The predicted molar refractivity (Wildman–Crippen MR) is 153 cm³/mol. The summed E-state index contributed by atoms with van der Waals surface area (Å²) in [4.78, 5) is 50.3. The average Bonchev–Trinajstić information content (AvgIpc) is 2.87. The lowest BCUT2D eigenvalue weighted by Crippen LogP contribution is -2.34. The van der Waals surface area contributed by atoms with Crippen LogP contribution in [0.4, 0.5) is 0 Å². The van der Waals surface area contributed by atoms with Crippen molar-refractivity contribution in [2.24, 2.45) is 0 Å². The van der Waals surface area contributed by atoms with Gasteiger partial charge in [0, 0.05) is 40.8 Å². The summed E-state index contributed by atoms with van der Waals surface area (Å²) in [5.41, 5.74) is 4.09. The lowest BCUT2D eigenvalue weighted by molar-refractivity contribution is -0.136. The van der Waals surface area contributed by atoms with Crippen LogP contribution in [0, 0.1) is 0 Å². The molecule has 0 aliphatic rings. The molecule has 1 aromatic carbocycles. The van der Waals surface area contributed by atoms with Crippen molar-refractivity contribution in [2.45, 2.75) is 90.9 Å². The van der Waals surface area contributed by atoms with Crippen molar-refractivity contribution < 1.29 is 19.2 Å². The molecule has 8 nitrogen and oxygen atoms in total. The van der Waals surface area contributed by atoms with E-state index in [4.69, 9.17) is 0 Å². The summed E-state index contributed by atoms with van der Waals surface area (Å²) in [5, 5.41) is 5.70. The van der Waals surface area contributed by atoms with Gasteiger partial charge in [-0.1, -0.05) is 44.9 Å². The maximum absolute atomic E-state index is 12.0. The van der Waals surface area contributed by atoms with E-state index in [1.54, 1.807) is 26.0 Å². The molecule has 0 spiro atoms. The van der Waals surface area contributed by atoms with E-state index in [2.05, 4.69) is 35.8 Å². The van der Waals surface area contributed by atoms with Gasteiger partial charge < -0.3 is 20.4 Å². The first kappa shape index (κ1) is 33.1. The monoisotopic (exact) mass is 530 g/mol. The van der Waals surface area contributed by atoms with Gasteiger partial charge in [0.15, 0.2) is 0 Å². The molecule has 1 rings (SSSR count). The molecule has 1 aromatic rings. The Kier molecular flexibility index (Phi) is 16.7. The number of carbonyl (C=O) groups excluding carboxylic acids is 4. The van der Waals surface area contributed by atoms with Crippen molar-refractivity contribution in [2.75, 3.05) is 40.8 Å². The van der Waals surface area contributed by atoms with Gasteiger partial charge >= 0.3 is 0 Å². The first-order chi connectivity index (χ1) is 18.2. The van der Waals surface area contributed by atoms with Crippen molar-refractivity contribution in [3.63, 3.8) is 0 Å². The Morgan fingerprint density at radius 1 is 0.658 bits per heavy atom. The van der Waals surface area contributed by atoms with Gasteiger partial charge in [0.05, 0.1) is 0 Å². The largest absolute Gasteiger partial charge is 0.356 e. The van der Waals surface area contributed by atoms with Crippen molar-refractivity contribution in [3.8, 4) is 0 Å². The highest BCUT2D eigenvalue weighted by molar-refractivity contribution is 5.97. The van der Waals surface area contributed by atoms with Crippen LogP contribution >= 0.6 is 0 Å². The molecule has 0 saturated heterocycles. The molecule has 0 aliphatic carbocycles. The zero-order valence-electron chi connectivity index (χ0n) is 24.4. The summed E-state index contributed by atoms with van der Waals surface area (Å²) in [6.07, 6.45) is 9.77. The van der Waals surface area contributed by atoms with Gasteiger partial charge in [0.25, 0.3) is 0 Å². The molecular weight excluding hydrogens is 480 g/mol. The number of nitrogens with zero attached hydrogens (tertiary/aromatic N) is 2. The molecule has 0 fully saturated rings. The van der Waals surface area contributed by atoms with Gasteiger partial charge in [-0.25, -0.2) is 0 Å². The number of hydrogen-bond donors (Lipinski definition) is 2. The molecule has 0 unspecified atom stereocenters. The molecular formula is C30H50N4O4. The van der Waals surface area contributed by atoms with E-state index in [1.165, 1.54) is 21.6 Å². The third kappa shape index (κ3) is 14.7. The van der Waals surface area contributed by atoms with E-state index in [-0.39, 0.29) is 36.5 Å². The summed E-state index contributed by atoms with van der Waals surface area (Å²) in [6.45, 7) is 6.08. The number of amides is 4. The minimum Gasteiger partial charge on any atom is -0.356 e. The fourth-order valence-corrected chi connectivity index (χ4v) is 4.20. The SMILES string of the molecule is CCCN(C)C(=O)CC(=O)NCCCCCc1cc(CC)cc(CCCCCNC(=O)CC(=O)N(C)C)c1. The van der Waals surface area contributed by atoms with E-state index in [0.29, 0.717) is 19.6 Å². The number of hydrogen-bond acceptors (Lipinski definition) is 4. The molecule has 4 amide bonds. The van der Waals surface area contributed by atoms with Gasteiger partial charge in [-0.3, -0.25) is 19.2 Å². The van der Waals surface area contributed by atoms with Crippen molar-refractivity contribution in [1.82, 2.24) is 20.4 Å². The molecule has 0 atom stereocenters. The molecule has 0 radical (unpaired) electrons. The molecule has 38 heavy (non-hydrogen) atoms. The number of unbranched alkanes of at least 4 members (excludes halogenated alkanes) is 4. The van der Waals surface area contributed by atoms with Crippen LogP contribution in [0.25, 0.3) is 0 Å². The summed E-state index contributed by atoms with van der Waals surface area (Å²) in [6, 6.07) is 6.91. The van der Waals surface area contributed by atoms with Crippen LogP contribution in [0.5, 0.6) is 0 Å². The van der Waals surface area contributed by atoms with Crippen LogP contribution < -0.4 is 10.6 Å². The number of rotatable bonds is 19. The molecule has 0 aliphatic heterocycles. The third-order valence-electron chi connectivity index (χ3n) is 6.56. The maximum atomic E-state index is 12.0. The smallest absolute Gasteiger partial charge is 0.231 e. The van der Waals surface area contributed by atoms with E-state index in [1.807, 2.05) is 6.92 Å². The summed E-state index contributed by atoms with van der Waals surface area (Å²) < 4.78 is 0. The third-order valence-corrected chi connectivity index (χ3v) is 6.56. The number of nitrogens with one attached hydrogen (secondary N) is 2. The molecule has 2 N–H and O–H groups in total. The van der Waals surface area contributed by atoms with E-state index in [9.17, 15) is 19.2 Å². The minimum absolute atomic E-state index is 0.0739. The zero-order valence-corrected chi connectivity index (χ0v) is 24.4. The summed E-state index contributed by atoms with van der Waals surface area (Å²) in [7, 11) is 5.04. The summed E-state index contributed by atoms with van der Waals surface area (Å²) >= 11 is 0. The molecule has 214 valence electrons. The Morgan fingerprint density at radius 3 is 1.58 bits per heavy atom. The average molecular weight is 531 g/mol. The second-order valence-corrected chi connectivity index (χ2v) is 10.3. The zero-order chi connectivity index (χ0) is 28.3. The van der Waals surface area contributed by atoms with Crippen LogP contribution in [-0.4, -0.2) is 74.2 Å². The normalized spacial score (nSPS) is 10.7. The van der Waals surface area contributed by atoms with Crippen LogP contribution in [0.15, 0.2) is 18.2 Å². The highest BCUT2D eigenvalue weighted by Gasteiger charge is 2.13. The minimum atomic E-state index is -0.211. The molecule has 0 heterocycles. The first-order valence-corrected chi connectivity index (χ1v) is 14.2. The molecule has 0 saturated carbocycles. The van der Waals surface area contributed by atoms with Crippen molar-refractivity contribution >= 4 is 23.6 Å². The quantitative estimate of drug-likeness (QED) is 0.211. The molecule has 0 aromatic heterocycles. The maximum Gasteiger partial charge on any atom is 0.231 e. The highest BCUT2D eigenvalue weighted by Crippen LogP contribution is 2.16. The van der Waals surface area contributed by atoms with Gasteiger partial charge in [-0.2, -0.15) is 0 Å². The van der Waals surface area contributed by atoms with E-state index >= 15 is 0 Å². The van der Waals surface area contributed by atoms with Crippen LogP contribution in [0.1, 0.15) is 88.3 Å². The van der Waals surface area contributed by atoms with Gasteiger partial charge in [0.1, 0.15) is 12.8 Å². The van der Waals surface area contributed by atoms with Gasteiger partial charge in [-0.05, 0) is 68.1 Å². The van der Waals surface area contributed by atoms with Crippen LogP contribution in [0.3, 0.4) is 0 Å². The van der Waals surface area contributed by atoms with E-state index in [0.717, 1.165) is 64.2 Å². The fraction of sp³-hybridized carbons (Fsp3) is 0.667. The Morgan fingerprint density at radius 2 is 1.13 bits per heavy atom. The fourth-order valence-electron chi connectivity index (χ4n) is 4.20. The number of carbonyl (C=O) groups is 4. The van der Waals surface area contributed by atoms with Gasteiger partial charge in [-0.15, -0.1) is 0 Å². The topological polar surface area (TPSA) is 98.8 Å². The second-order valence-electron chi connectivity index (χ2n) is 10.3. The Hall–Kier alpha value is -2.90. The van der Waals surface area contributed by atoms with E-state index < -0.39 is 0 Å². The standard InChI is InChI=1S/C30H50N4O4/c1-6-18-34(5)30(38)23-28(36)32-17-13-9-11-15-26-20-24(7-2)19-25(21-26)14-10-8-12-16-31-27(35)22-29(37)33(3)4/h19-21H,6-18,22-23H2,1-5H3,(H,31,35)(H,32,36). The van der Waals surface area contributed by atoms with Gasteiger partial charge in [0.2, 0.25) is 23.6 Å². The van der Waals surface area contributed by atoms with Crippen LogP contribution in [0.2, 0.25) is 0 Å². The molecule has 0 bridgehead atoms. The molecule has 8 heteroatoms. The lowest BCUT2D eigenvalue weighted by Gasteiger charge is -2.15. The lowest BCUT2D eigenvalue weighted by atomic mass is 9.97. The Bertz CT molecular complexity index is 885. The highest BCUT2D eigenvalue weighted by atomic mass is 16.2. The first-order valence-electron chi connectivity index (χ1n) is 14.2. The number of aryl methyl sites for hydroxylation is 3. The van der Waals surface area contributed by atoms with Crippen LogP contribution in [-0.2, 0) is 38.4 Å². The Balaban J connectivity index is 2.28.